The van der Waals surface area contributed by atoms with Crippen LogP contribution in [0.1, 0.15) is 18.9 Å². The molecule has 1 aromatic carbocycles. The summed E-state index contributed by atoms with van der Waals surface area (Å²) in [5, 5.41) is 8.67. The third kappa shape index (κ3) is 4.02. The van der Waals surface area contributed by atoms with Crippen LogP contribution >= 0.6 is 0 Å². The van der Waals surface area contributed by atoms with Gasteiger partial charge in [-0.05, 0) is 31.0 Å². The van der Waals surface area contributed by atoms with E-state index in [4.69, 9.17) is 9.84 Å². The Morgan fingerprint density at radius 1 is 1.53 bits per heavy atom. The molecule has 0 aliphatic heterocycles. The number of aliphatic carboxylic acids is 1. The average Bonchev–Trinajstić information content (AvgIpc) is 2.17. The van der Waals surface area contributed by atoms with Crippen LogP contribution in [0.5, 0.6) is 5.75 Å². The zero-order chi connectivity index (χ0) is 11.3. The molecule has 3 nitrogen and oxygen atoms in total. The van der Waals surface area contributed by atoms with Crippen LogP contribution in [0.4, 0.5) is 0 Å². The van der Waals surface area contributed by atoms with Gasteiger partial charge in [0.05, 0.1) is 12.5 Å². The summed E-state index contributed by atoms with van der Waals surface area (Å²) in [5.41, 5.74) is 1.14. The van der Waals surface area contributed by atoms with E-state index < -0.39 is 5.97 Å². The second-order valence-corrected chi connectivity index (χ2v) is 3.69. The van der Waals surface area contributed by atoms with Gasteiger partial charge in [-0.2, -0.15) is 0 Å². The summed E-state index contributed by atoms with van der Waals surface area (Å²) in [6.45, 7) is 4.12. The first kappa shape index (κ1) is 11.6. The molecule has 0 fully saturated rings. The van der Waals surface area contributed by atoms with Gasteiger partial charge in [0.2, 0.25) is 0 Å². The number of aryl methyl sites for hydroxylation is 1. The summed E-state index contributed by atoms with van der Waals surface area (Å²) in [4.78, 5) is 10.5. The zero-order valence-corrected chi connectivity index (χ0v) is 9.06. The smallest absolute Gasteiger partial charge is 0.306 e. The summed E-state index contributed by atoms with van der Waals surface area (Å²) in [6.07, 6.45) is 0.531. The lowest BCUT2D eigenvalue weighted by molar-refractivity contribution is -0.141. The summed E-state index contributed by atoms with van der Waals surface area (Å²) in [7, 11) is 0. The lowest BCUT2D eigenvalue weighted by Gasteiger charge is -2.08. The lowest BCUT2D eigenvalue weighted by atomic mass is 10.1. The van der Waals surface area contributed by atoms with Crippen molar-refractivity contribution in [3.05, 3.63) is 29.8 Å². The minimum Gasteiger partial charge on any atom is -0.494 e. The molecule has 82 valence electrons. The monoisotopic (exact) mass is 208 g/mol. The molecule has 0 aromatic heterocycles. The maximum atomic E-state index is 10.5. The maximum absolute atomic E-state index is 10.5. The highest BCUT2D eigenvalue weighted by molar-refractivity contribution is 5.69. The number of hydrogen-bond donors (Lipinski definition) is 1. The molecule has 1 unspecified atom stereocenters. The van der Waals surface area contributed by atoms with Crippen LogP contribution in [0.15, 0.2) is 24.3 Å². The Morgan fingerprint density at radius 3 is 2.87 bits per heavy atom. The Balaban J connectivity index is 2.35. The van der Waals surface area contributed by atoms with E-state index in [2.05, 4.69) is 0 Å². The van der Waals surface area contributed by atoms with Crippen molar-refractivity contribution in [3.63, 3.8) is 0 Å². The van der Waals surface area contributed by atoms with Crippen LogP contribution in [0, 0.1) is 12.8 Å². The van der Waals surface area contributed by atoms with E-state index in [0.29, 0.717) is 13.0 Å². The highest BCUT2D eigenvalue weighted by atomic mass is 16.5. The van der Waals surface area contributed by atoms with Crippen molar-refractivity contribution in [2.75, 3.05) is 6.61 Å². The van der Waals surface area contributed by atoms with Crippen molar-refractivity contribution in [2.45, 2.75) is 20.3 Å². The molecule has 0 saturated heterocycles. The molecule has 1 N–H and O–H groups in total. The van der Waals surface area contributed by atoms with Gasteiger partial charge in [-0.1, -0.05) is 19.1 Å². The molecule has 1 atom stereocenters. The van der Waals surface area contributed by atoms with Crippen LogP contribution < -0.4 is 4.74 Å². The van der Waals surface area contributed by atoms with Gasteiger partial charge >= 0.3 is 5.97 Å². The minimum absolute atomic E-state index is 0.352. The van der Waals surface area contributed by atoms with Gasteiger partial charge in [-0.25, -0.2) is 0 Å². The number of carbonyl (C=O) groups is 1. The molecule has 0 saturated carbocycles. The average molecular weight is 208 g/mol. The van der Waals surface area contributed by atoms with Crippen LogP contribution in [-0.2, 0) is 4.79 Å². The lowest BCUT2D eigenvalue weighted by Crippen LogP contribution is -2.13. The van der Waals surface area contributed by atoms with Crippen LogP contribution in [0.3, 0.4) is 0 Å². The molecule has 0 heterocycles. The Morgan fingerprint density at radius 2 is 2.27 bits per heavy atom. The molecule has 0 amide bonds. The molecule has 15 heavy (non-hydrogen) atoms. The first-order valence-corrected chi connectivity index (χ1v) is 5.02. The topological polar surface area (TPSA) is 46.5 Å². The predicted molar refractivity (Wildman–Crippen MR) is 58.1 cm³/mol. The molecule has 0 bridgehead atoms. The molecule has 0 aliphatic carbocycles. The van der Waals surface area contributed by atoms with E-state index in [1.807, 2.05) is 31.2 Å². The third-order valence-corrected chi connectivity index (χ3v) is 2.23. The highest BCUT2D eigenvalue weighted by Gasteiger charge is 2.10. The first-order valence-electron chi connectivity index (χ1n) is 5.02. The predicted octanol–water partition coefficient (Wildman–Crippen LogP) is 2.48. The van der Waals surface area contributed by atoms with Crippen molar-refractivity contribution in [2.24, 2.45) is 5.92 Å². The van der Waals surface area contributed by atoms with E-state index in [1.165, 1.54) is 0 Å². The van der Waals surface area contributed by atoms with E-state index in [-0.39, 0.29) is 5.92 Å². The van der Waals surface area contributed by atoms with Crippen LogP contribution in [0.25, 0.3) is 0 Å². The van der Waals surface area contributed by atoms with E-state index >= 15 is 0 Å². The van der Waals surface area contributed by atoms with E-state index in [0.717, 1.165) is 11.3 Å². The summed E-state index contributed by atoms with van der Waals surface area (Å²) in [5.74, 6) is -0.328. The minimum atomic E-state index is -0.775. The van der Waals surface area contributed by atoms with E-state index in [9.17, 15) is 4.79 Å². The van der Waals surface area contributed by atoms with Gasteiger partial charge in [0, 0.05) is 0 Å². The first-order chi connectivity index (χ1) is 7.09. The number of hydrogen-bond acceptors (Lipinski definition) is 2. The van der Waals surface area contributed by atoms with Crippen LogP contribution in [0.2, 0.25) is 0 Å². The standard InChI is InChI=1S/C12H16O3/c1-9-4-3-5-11(8-9)15-7-6-10(2)12(13)14/h3-5,8,10H,6-7H2,1-2H3,(H,13,14). The number of benzene rings is 1. The Kier molecular flexibility index (Phi) is 4.16. The van der Waals surface area contributed by atoms with Gasteiger partial charge in [-0.3, -0.25) is 4.79 Å². The summed E-state index contributed by atoms with van der Waals surface area (Å²) in [6, 6.07) is 7.72. The Bertz CT molecular complexity index is 333. The van der Waals surface area contributed by atoms with Gasteiger partial charge in [0.25, 0.3) is 0 Å². The fourth-order valence-electron chi connectivity index (χ4n) is 1.18. The van der Waals surface area contributed by atoms with Crippen molar-refractivity contribution >= 4 is 5.97 Å². The molecular formula is C12H16O3. The molecule has 0 spiro atoms. The van der Waals surface area contributed by atoms with Gasteiger partial charge in [0.1, 0.15) is 5.75 Å². The second kappa shape index (κ2) is 5.39. The number of carboxylic acids is 1. The molecule has 0 radical (unpaired) electrons. The van der Waals surface area contributed by atoms with E-state index in [1.54, 1.807) is 6.92 Å². The number of rotatable bonds is 5. The Hall–Kier alpha value is -1.51. The second-order valence-electron chi connectivity index (χ2n) is 3.69. The SMILES string of the molecule is Cc1cccc(OCCC(C)C(=O)O)c1. The van der Waals surface area contributed by atoms with Gasteiger partial charge < -0.3 is 9.84 Å². The fourth-order valence-corrected chi connectivity index (χ4v) is 1.18. The fraction of sp³-hybridized carbons (Fsp3) is 0.417. The molecule has 3 heteroatoms. The van der Waals surface area contributed by atoms with Crippen molar-refractivity contribution < 1.29 is 14.6 Å². The van der Waals surface area contributed by atoms with Crippen molar-refractivity contribution in [1.82, 2.24) is 0 Å². The number of ether oxygens (including phenoxy) is 1. The van der Waals surface area contributed by atoms with Crippen molar-refractivity contribution in [1.29, 1.82) is 0 Å². The summed E-state index contributed by atoms with van der Waals surface area (Å²) >= 11 is 0. The quantitative estimate of drug-likeness (QED) is 0.808. The molecule has 1 rings (SSSR count). The maximum Gasteiger partial charge on any atom is 0.306 e. The summed E-state index contributed by atoms with van der Waals surface area (Å²) < 4.78 is 5.44. The van der Waals surface area contributed by atoms with Gasteiger partial charge in [0.15, 0.2) is 0 Å². The Labute approximate surface area is 89.7 Å². The molecule has 0 aliphatic rings. The third-order valence-electron chi connectivity index (χ3n) is 2.23. The largest absolute Gasteiger partial charge is 0.494 e. The zero-order valence-electron chi connectivity index (χ0n) is 9.06. The van der Waals surface area contributed by atoms with Gasteiger partial charge in [-0.15, -0.1) is 0 Å². The van der Waals surface area contributed by atoms with Crippen LogP contribution in [-0.4, -0.2) is 17.7 Å². The van der Waals surface area contributed by atoms with Crippen molar-refractivity contribution in [3.8, 4) is 5.75 Å². The molecular weight excluding hydrogens is 192 g/mol. The molecule has 1 aromatic rings. The normalized spacial score (nSPS) is 12.1. The highest BCUT2D eigenvalue weighted by Crippen LogP contribution is 2.13. The number of carboxylic acid groups (broad SMARTS) is 1.